The zero-order valence-electron chi connectivity index (χ0n) is 15.4. The minimum absolute atomic E-state index is 0.183. The lowest BCUT2D eigenvalue weighted by Gasteiger charge is -2.09. The van der Waals surface area contributed by atoms with Gasteiger partial charge in [-0.3, -0.25) is 9.59 Å². The van der Waals surface area contributed by atoms with Crippen LogP contribution >= 0.6 is 11.3 Å². The number of esters is 2. The molecule has 0 unspecified atom stereocenters. The Hall–Kier alpha value is -2.87. The molecular formula is C19H21NO6S. The number of nitrogens with one attached hydrogen (secondary N) is 1. The molecule has 0 atom stereocenters. The molecule has 2 rings (SSSR count). The first-order valence-corrected chi connectivity index (χ1v) is 9.26. The predicted molar refractivity (Wildman–Crippen MR) is 102 cm³/mol. The van der Waals surface area contributed by atoms with Crippen LogP contribution in [-0.4, -0.2) is 38.2 Å². The second-order valence-electron chi connectivity index (χ2n) is 5.36. The molecule has 1 aromatic heterocycles. The van der Waals surface area contributed by atoms with Crippen LogP contribution in [0, 0.1) is 0 Å². The highest BCUT2D eigenvalue weighted by molar-refractivity contribution is 7.15. The summed E-state index contributed by atoms with van der Waals surface area (Å²) in [5.74, 6) is -0.838. The number of amides is 1. The van der Waals surface area contributed by atoms with E-state index in [9.17, 15) is 14.4 Å². The van der Waals surface area contributed by atoms with Gasteiger partial charge in [0.15, 0.2) is 6.61 Å². The van der Waals surface area contributed by atoms with Crippen LogP contribution in [-0.2, 0) is 19.1 Å². The van der Waals surface area contributed by atoms with Gasteiger partial charge >= 0.3 is 11.9 Å². The van der Waals surface area contributed by atoms with E-state index in [0.717, 1.165) is 5.56 Å². The first-order valence-electron chi connectivity index (χ1n) is 8.38. The molecule has 27 heavy (non-hydrogen) atoms. The van der Waals surface area contributed by atoms with Crippen molar-refractivity contribution >= 4 is 34.2 Å². The highest BCUT2D eigenvalue weighted by Crippen LogP contribution is 2.36. The molecule has 0 aliphatic carbocycles. The number of hydrogen-bond acceptors (Lipinski definition) is 7. The Kier molecular flexibility index (Phi) is 7.36. The smallest absolute Gasteiger partial charge is 0.341 e. The van der Waals surface area contributed by atoms with Gasteiger partial charge in [0.1, 0.15) is 16.3 Å². The summed E-state index contributed by atoms with van der Waals surface area (Å²) in [6.45, 7) is 3.14. The van der Waals surface area contributed by atoms with Gasteiger partial charge in [0, 0.05) is 17.4 Å². The van der Waals surface area contributed by atoms with Crippen LogP contribution in [0.2, 0.25) is 0 Å². The number of methoxy groups -OCH3 is 1. The number of carbonyl (C=O) groups excluding carboxylic acids is 3. The van der Waals surface area contributed by atoms with Crippen molar-refractivity contribution in [1.29, 1.82) is 0 Å². The molecule has 0 spiro atoms. The van der Waals surface area contributed by atoms with Crippen molar-refractivity contribution in [1.82, 2.24) is 0 Å². The largest absolute Gasteiger partial charge is 0.497 e. The van der Waals surface area contributed by atoms with Crippen LogP contribution in [0.1, 0.15) is 30.6 Å². The van der Waals surface area contributed by atoms with Gasteiger partial charge in [0.2, 0.25) is 0 Å². The molecule has 8 heteroatoms. The van der Waals surface area contributed by atoms with Crippen LogP contribution in [0.3, 0.4) is 0 Å². The number of benzene rings is 1. The van der Waals surface area contributed by atoms with E-state index in [1.807, 2.05) is 12.1 Å². The van der Waals surface area contributed by atoms with Crippen LogP contribution in [0.25, 0.3) is 11.1 Å². The third-order valence-electron chi connectivity index (χ3n) is 3.58. The monoisotopic (exact) mass is 391 g/mol. The molecule has 0 aliphatic heterocycles. The van der Waals surface area contributed by atoms with E-state index in [1.54, 1.807) is 38.5 Å². The lowest BCUT2D eigenvalue weighted by molar-refractivity contribution is -0.146. The van der Waals surface area contributed by atoms with Gasteiger partial charge in [0.05, 0.1) is 13.7 Å². The summed E-state index contributed by atoms with van der Waals surface area (Å²) < 4.78 is 15.1. The molecule has 0 radical (unpaired) electrons. The second-order valence-corrected chi connectivity index (χ2v) is 6.24. The minimum atomic E-state index is -0.537. The fraction of sp³-hybridized carbons (Fsp3) is 0.316. The summed E-state index contributed by atoms with van der Waals surface area (Å²) in [5.41, 5.74) is 1.69. The number of carbonyl (C=O) groups is 3. The van der Waals surface area contributed by atoms with E-state index in [2.05, 4.69) is 5.32 Å². The molecule has 0 bridgehead atoms. The number of thiophene rings is 1. The Labute approximate surface area is 161 Å². The van der Waals surface area contributed by atoms with Gasteiger partial charge in [-0.25, -0.2) is 4.79 Å². The van der Waals surface area contributed by atoms with Gasteiger partial charge in [0.25, 0.3) is 5.91 Å². The Bertz CT molecular complexity index is 812. The molecule has 0 aliphatic rings. The van der Waals surface area contributed by atoms with E-state index in [1.165, 1.54) is 11.3 Å². The summed E-state index contributed by atoms with van der Waals surface area (Å²) in [7, 11) is 1.57. The van der Waals surface area contributed by atoms with E-state index in [-0.39, 0.29) is 18.6 Å². The fourth-order valence-corrected chi connectivity index (χ4v) is 3.22. The van der Waals surface area contributed by atoms with Crippen LogP contribution in [0.5, 0.6) is 5.75 Å². The van der Waals surface area contributed by atoms with Crippen molar-refractivity contribution < 1.29 is 28.6 Å². The quantitative estimate of drug-likeness (QED) is 0.693. The Balaban J connectivity index is 2.29. The van der Waals surface area contributed by atoms with E-state index >= 15 is 0 Å². The van der Waals surface area contributed by atoms with Crippen molar-refractivity contribution in [2.24, 2.45) is 0 Å². The van der Waals surface area contributed by atoms with Gasteiger partial charge in [-0.05, 0) is 24.6 Å². The predicted octanol–water partition coefficient (Wildman–Crippen LogP) is 3.49. The molecule has 1 aromatic carbocycles. The third-order valence-corrected chi connectivity index (χ3v) is 4.47. The van der Waals surface area contributed by atoms with Gasteiger partial charge < -0.3 is 19.5 Å². The molecule has 144 valence electrons. The summed E-state index contributed by atoms with van der Waals surface area (Å²) in [5, 5.41) is 4.73. The maximum atomic E-state index is 12.5. The van der Waals surface area contributed by atoms with Crippen molar-refractivity contribution in [3.63, 3.8) is 0 Å². The van der Waals surface area contributed by atoms with Crippen molar-refractivity contribution in [3.8, 4) is 16.9 Å². The maximum Gasteiger partial charge on any atom is 0.341 e. The lowest BCUT2D eigenvalue weighted by atomic mass is 10.0. The molecule has 2 aromatic rings. The van der Waals surface area contributed by atoms with Crippen molar-refractivity contribution in [2.75, 3.05) is 25.6 Å². The van der Waals surface area contributed by atoms with Gasteiger partial charge in [-0.15, -0.1) is 11.3 Å². The van der Waals surface area contributed by atoms with E-state index in [4.69, 9.17) is 14.2 Å². The Morgan fingerprint density at radius 1 is 1.07 bits per heavy atom. The number of hydrogen-bond donors (Lipinski definition) is 1. The lowest BCUT2D eigenvalue weighted by Crippen LogP contribution is -2.21. The summed E-state index contributed by atoms with van der Waals surface area (Å²) >= 11 is 1.20. The molecule has 0 fully saturated rings. The van der Waals surface area contributed by atoms with Crippen molar-refractivity contribution in [2.45, 2.75) is 20.3 Å². The summed E-state index contributed by atoms with van der Waals surface area (Å²) in [4.78, 5) is 35.7. The fourth-order valence-electron chi connectivity index (χ4n) is 2.25. The standard InChI is InChI=1S/C19H21NO6S/c1-4-16(22)26-10-15(21)20-18-17(19(23)25-5-2)14(11-27-18)12-6-8-13(24-3)9-7-12/h6-9,11H,4-5,10H2,1-3H3,(H,20,21). The van der Waals surface area contributed by atoms with E-state index in [0.29, 0.717) is 16.3 Å². The van der Waals surface area contributed by atoms with E-state index < -0.39 is 24.5 Å². The zero-order valence-corrected chi connectivity index (χ0v) is 16.2. The first-order chi connectivity index (χ1) is 13.0. The highest BCUT2D eigenvalue weighted by Gasteiger charge is 2.23. The summed E-state index contributed by atoms with van der Waals surface area (Å²) in [6, 6.07) is 7.20. The van der Waals surface area contributed by atoms with Crippen LogP contribution in [0.15, 0.2) is 29.6 Å². The number of anilines is 1. The van der Waals surface area contributed by atoms with Crippen LogP contribution < -0.4 is 10.1 Å². The van der Waals surface area contributed by atoms with Crippen molar-refractivity contribution in [3.05, 3.63) is 35.2 Å². The number of ether oxygens (including phenoxy) is 3. The first kappa shape index (κ1) is 20.4. The molecule has 7 nitrogen and oxygen atoms in total. The normalized spacial score (nSPS) is 10.2. The average Bonchev–Trinajstić information content (AvgIpc) is 3.09. The molecule has 0 saturated carbocycles. The molecule has 0 saturated heterocycles. The Morgan fingerprint density at radius 2 is 1.78 bits per heavy atom. The molecule has 1 N–H and O–H groups in total. The average molecular weight is 391 g/mol. The minimum Gasteiger partial charge on any atom is -0.497 e. The third kappa shape index (κ3) is 5.30. The maximum absolute atomic E-state index is 12.5. The van der Waals surface area contributed by atoms with Crippen LogP contribution in [0.4, 0.5) is 5.00 Å². The summed E-state index contributed by atoms with van der Waals surface area (Å²) in [6.07, 6.45) is 0.183. The van der Waals surface area contributed by atoms with Gasteiger partial charge in [-0.2, -0.15) is 0 Å². The zero-order chi connectivity index (χ0) is 19.8. The highest BCUT2D eigenvalue weighted by atomic mass is 32.1. The topological polar surface area (TPSA) is 90.9 Å². The second kappa shape index (κ2) is 9.72. The van der Waals surface area contributed by atoms with Gasteiger partial charge in [-0.1, -0.05) is 19.1 Å². The molecular weight excluding hydrogens is 370 g/mol. The number of rotatable bonds is 8. The molecule has 1 amide bonds. The SMILES string of the molecule is CCOC(=O)c1c(-c2ccc(OC)cc2)csc1NC(=O)COC(=O)CC. The Morgan fingerprint density at radius 3 is 2.37 bits per heavy atom. The molecule has 1 heterocycles.